The molecule has 16 heavy (non-hydrogen) atoms. The van der Waals surface area contributed by atoms with Gasteiger partial charge in [0.1, 0.15) is 5.78 Å². The predicted octanol–water partition coefficient (Wildman–Crippen LogP) is 2.79. The molecule has 1 saturated carbocycles. The quantitative estimate of drug-likeness (QED) is 0.680. The van der Waals surface area contributed by atoms with Gasteiger partial charge in [-0.15, -0.1) is 0 Å². The van der Waals surface area contributed by atoms with Gasteiger partial charge in [-0.2, -0.15) is 0 Å². The standard InChI is InChI=1S/C14H23NO/c1-15(2)11-10-14(9-5-8-13(14)16)12-6-3-4-7-12/h6H,3-5,7-11H2,1-2H3. The molecule has 0 saturated heterocycles. The van der Waals surface area contributed by atoms with Crippen molar-refractivity contribution in [1.29, 1.82) is 0 Å². The van der Waals surface area contributed by atoms with Crippen molar-refractivity contribution in [1.82, 2.24) is 4.90 Å². The van der Waals surface area contributed by atoms with Crippen molar-refractivity contribution in [3.05, 3.63) is 11.6 Å². The van der Waals surface area contributed by atoms with Crippen LogP contribution in [0.15, 0.2) is 11.6 Å². The van der Waals surface area contributed by atoms with E-state index in [4.69, 9.17) is 0 Å². The summed E-state index contributed by atoms with van der Waals surface area (Å²) in [5, 5.41) is 0. The maximum atomic E-state index is 12.2. The van der Waals surface area contributed by atoms with Crippen LogP contribution in [0.5, 0.6) is 0 Å². The van der Waals surface area contributed by atoms with Crippen LogP contribution in [0.4, 0.5) is 0 Å². The first-order valence-electron chi connectivity index (χ1n) is 6.53. The monoisotopic (exact) mass is 221 g/mol. The van der Waals surface area contributed by atoms with E-state index < -0.39 is 0 Å². The number of allylic oxidation sites excluding steroid dienone is 2. The van der Waals surface area contributed by atoms with Crippen molar-refractivity contribution >= 4 is 5.78 Å². The van der Waals surface area contributed by atoms with Crippen LogP contribution in [0.2, 0.25) is 0 Å². The third-order valence-corrected chi connectivity index (χ3v) is 4.18. The van der Waals surface area contributed by atoms with E-state index in [0.29, 0.717) is 5.78 Å². The minimum Gasteiger partial charge on any atom is -0.309 e. The first-order valence-corrected chi connectivity index (χ1v) is 6.53. The van der Waals surface area contributed by atoms with Crippen LogP contribution in [-0.4, -0.2) is 31.3 Å². The minimum atomic E-state index is -0.0548. The van der Waals surface area contributed by atoms with Crippen LogP contribution >= 0.6 is 0 Å². The molecule has 0 aromatic rings. The molecule has 0 heterocycles. The van der Waals surface area contributed by atoms with Gasteiger partial charge in [0, 0.05) is 6.42 Å². The molecule has 1 atom stereocenters. The first-order chi connectivity index (χ1) is 7.65. The van der Waals surface area contributed by atoms with Gasteiger partial charge in [0.2, 0.25) is 0 Å². The molecular weight excluding hydrogens is 198 g/mol. The second-order valence-corrected chi connectivity index (χ2v) is 5.53. The van der Waals surface area contributed by atoms with Crippen LogP contribution in [-0.2, 0) is 4.79 Å². The normalized spacial score (nSPS) is 30.2. The molecular formula is C14H23NO. The minimum absolute atomic E-state index is 0.0548. The summed E-state index contributed by atoms with van der Waals surface area (Å²) in [6.07, 6.45) is 10.0. The number of carbonyl (C=O) groups is 1. The fraction of sp³-hybridized carbons (Fsp3) is 0.786. The van der Waals surface area contributed by atoms with E-state index in [9.17, 15) is 4.79 Å². The Morgan fingerprint density at radius 3 is 2.62 bits per heavy atom. The maximum Gasteiger partial charge on any atom is 0.143 e. The number of nitrogens with zero attached hydrogens (tertiary/aromatic N) is 1. The van der Waals surface area contributed by atoms with Crippen molar-refractivity contribution in [2.45, 2.75) is 44.9 Å². The van der Waals surface area contributed by atoms with Gasteiger partial charge in [-0.05, 0) is 59.2 Å². The summed E-state index contributed by atoms with van der Waals surface area (Å²) in [7, 11) is 4.19. The van der Waals surface area contributed by atoms with Crippen molar-refractivity contribution in [2.75, 3.05) is 20.6 Å². The molecule has 0 N–H and O–H groups in total. The van der Waals surface area contributed by atoms with E-state index in [1.54, 1.807) is 0 Å². The summed E-state index contributed by atoms with van der Waals surface area (Å²) < 4.78 is 0. The van der Waals surface area contributed by atoms with Gasteiger partial charge < -0.3 is 4.90 Å². The summed E-state index contributed by atoms with van der Waals surface area (Å²) >= 11 is 0. The molecule has 0 aromatic carbocycles. The van der Waals surface area contributed by atoms with Gasteiger partial charge >= 0.3 is 0 Å². The van der Waals surface area contributed by atoms with E-state index in [1.165, 1.54) is 24.8 Å². The maximum absolute atomic E-state index is 12.2. The number of hydrogen-bond acceptors (Lipinski definition) is 2. The Balaban J connectivity index is 2.15. The Morgan fingerprint density at radius 1 is 1.31 bits per heavy atom. The Labute approximate surface area is 98.7 Å². The molecule has 1 fully saturated rings. The molecule has 0 amide bonds. The summed E-state index contributed by atoms with van der Waals surface area (Å²) in [6, 6.07) is 0. The average Bonchev–Trinajstić information content (AvgIpc) is 2.84. The number of hydrogen-bond donors (Lipinski definition) is 0. The predicted molar refractivity (Wildman–Crippen MR) is 66.4 cm³/mol. The van der Waals surface area contributed by atoms with Crippen LogP contribution in [0, 0.1) is 5.41 Å². The summed E-state index contributed by atoms with van der Waals surface area (Å²) in [4.78, 5) is 14.4. The molecule has 2 aliphatic carbocycles. The van der Waals surface area contributed by atoms with Gasteiger partial charge in [0.25, 0.3) is 0 Å². The van der Waals surface area contributed by atoms with Crippen LogP contribution < -0.4 is 0 Å². The van der Waals surface area contributed by atoms with Crippen molar-refractivity contribution in [3.63, 3.8) is 0 Å². The third kappa shape index (κ3) is 2.08. The molecule has 2 nitrogen and oxygen atoms in total. The van der Waals surface area contributed by atoms with Crippen LogP contribution in [0.25, 0.3) is 0 Å². The molecule has 90 valence electrons. The fourth-order valence-electron chi connectivity index (χ4n) is 3.21. The lowest BCUT2D eigenvalue weighted by molar-refractivity contribution is -0.124. The summed E-state index contributed by atoms with van der Waals surface area (Å²) in [5.41, 5.74) is 1.41. The van der Waals surface area contributed by atoms with Crippen molar-refractivity contribution in [3.8, 4) is 0 Å². The lowest BCUT2D eigenvalue weighted by atomic mass is 9.74. The molecule has 1 unspecified atom stereocenters. The molecule has 0 bridgehead atoms. The van der Waals surface area contributed by atoms with E-state index in [1.807, 2.05) is 0 Å². The van der Waals surface area contributed by atoms with E-state index >= 15 is 0 Å². The highest BCUT2D eigenvalue weighted by molar-refractivity contribution is 5.90. The molecule has 2 heteroatoms. The lowest BCUT2D eigenvalue weighted by Gasteiger charge is -2.30. The number of Topliss-reactive ketones (excluding diaryl/α,β-unsaturated/α-hetero) is 1. The van der Waals surface area contributed by atoms with Gasteiger partial charge in [-0.1, -0.05) is 11.6 Å². The van der Waals surface area contributed by atoms with E-state index in [2.05, 4.69) is 25.1 Å². The van der Waals surface area contributed by atoms with E-state index in [-0.39, 0.29) is 5.41 Å². The third-order valence-electron chi connectivity index (χ3n) is 4.18. The Kier molecular flexibility index (Phi) is 3.48. The first kappa shape index (κ1) is 11.8. The summed E-state index contributed by atoms with van der Waals surface area (Å²) in [6.45, 7) is 1.03. The molecule has 0 radical (unpaired) electrons. The number of rotatable bonds is 4. The topological polar surface area (TPSA) is 20.3 Å². The average molecular weight is 221 g/mol. The Morgan fingerprint density at radius 2 is 2.12 bits per heavy atom. The molecule has 2 aliphatic rings. The smallest absolute Gasteiger partial charge is 0.143 e. The Bertz CT molecular complexity index is 306. The summed E-state index contributed by atoms with van der Waals surface area (Å²) in [5.74, 6) is 0.516. The second kappa shape index (κ2) is 4.70. The largest absolute Gasteiger partial charge is 0.309 e. The molecule has 0 spiro atoms. The zero-order chi connectivity index (χ0) is 11.6. The lowest BCUT2D eigenvalue weighted by Crippen LogP contribution is -2.32. The number of ketones is 1. The Hall–Kier alpha value is -0.630. The highest BCUT2D eigenvalue weighted by Gasteiger charge is 2.44. The van der Waals surface area contributed by atoms with Gasteiger partial charge in [0.05, 0.1) is 5.41 Å². The molecule has 0 aliphatic heterocycles. The second-order valence-electron chi connectivity index (χ2n) is 5.53. The van der Waals surface area contributed by atoms with Crippen LogP contribution in [0.1, 0.15) is 44.9 Å². The van der Waals surface area contributed by atoms with Crippen LogP contribution in [0.3, 0.4) is 0 Å². The zero-order valence-electron chi connectivity index (χ0n) is 10.6. The van der Waals surface area contributed by atoms with Gasteiger partial charge in [-0.25, -0.2) is 0 Å². The highest BCUT2D eigenvalue weighted by atomic mass is 16.1. The highest BCUT2D eigenvalue weighted by Crippen LogP contribution is 2.47. The molecule has 2 rings (SSSR count). The molecule has 0 aromatic heterocycles. The van der Waals surface area contributed by atoms with E-state index in [0.717, 1.165) is 32.2 Å². The van der Waals surface area contributed by atoms with Crippen molar-refractivity contribution < 1.29 is 4.79 Å². The zero-order valence-corrected chi connectivity index (χ0v) is 10.6. The van der Waals surface area contributed by atoms with Crippen molar-refractivity contribution in [2.24, 2.45) is 5.41 Å². The fourth-order valence-corrected chi connectivity index (χ4v) is 3.21. The SMILES string of the molecule is CN(C)CCC1(C2=CCCC2)CCCC1=O. The number of carbonyl (C=O) groups excluding carboxylic acids is 1. The van der Waals surface area contributed by atoms with Gasteiger partial charge in [-0.3, -0.25) is 4.79 Å². The van der Waals surface area contributed by atoms with Gasteiger partial charge in [0.15, 0.2) is 0 Å².